The lowest BCUT2D eigenvalue weighted by atomic mass is 9.49. The van der Waals surface area contributed by atoms with Crippen molar-refractivity contribution in [1.29, 1.82) is 0 Å². The Balaban J connectivity index is 2.38. The molecule has 2 rings (SSSR count). The maximum atomic E-state index is 12.8. The highest BCUT2D eigenvalue weighted by Crippen LogP contribution is 2.68. The molecule has 2 saturated carbocycles. The molecule has 0 aromatic carbocycles. The molecule has 0 heterocycles. The molecular weight excluding hydrogens is 304 g/mol. The van der Waals surface area contributed by atoms with E-state index >= 15 is 0 Å². The second-order valence-corrected chi connectivity index (χ2v) is 9.28. The first-order chi connectivity index (χ1) is 11.0. The summed E-state index contributed by atoms with van der Waals surface area (Å²) in [4.78, 5) is 12.8. The summed E-state index contributed by atoms with van der Waals surface area (Å²) in [6, 6.07) is 0. The van der Waals surface area contributed by atoms with Crippen LogP contribution in [0, 0.1) is 28.1 Å². The molecule has 0 amide bonds. The molecule has 2 aliphatic carbocycles. The van der Waals surface area contributed by atoms with Gasteiger partial charge in [0.15, 0.2) is 0 Å². The normalized spacial score (nSPS) is 42.6. The molecule has 6 atom stereocenters. The van der Waals surface area contributed by atoms with E-state index in [1.807, 2.05) is 0 Å². The number of carbonyl (C=O) groups excluding carboxylic acids is 1. The second kappa shape index (κ2) is 6.69. The van der Waals surface area contributed by atoms with Gasteiger partial charge in [0.1, 0.15) is 5.78 Å². The van der Waals surface area contributed by atoms with E-state index in [1.165, 1.54) is 0 Å². The number of fused-ring (bicyclic) bond motifs is 1. The average molecular weight is 341 g/mol. The molecule has 2 aliphatic rings. The molecule has 3 N–H and O–H groups in total. The number of aliphatic hydroxyl groups is 3. The Morgan fingerprint density at radius 1 is 1.17 bits per heavy atom. The van der Waals surface area contributed by atoms with Crippen molar-refractivity contribution >= 4 is 5.78 Å². The minimum absolute atomic E-state index is 0.0865. The van der Waals surface area contributed by atoms with Crippen molar-refractivity contribution in [1.82, 2.24) is 0 Å². The lowest BCUT2D eigenvalue weighted by molar-refractivity contribution is -0.156. The van der Waals surface area contributed by atoms with E-state index in [2.05, 4.69) is 27.7 Å². The highest BCUT2D eigenvalue weighted by molar-refractivity contribution is 5.84. The van der Waals surface area contributed by atoms with Gasteiger partial charge in [0.25, 0.3) is 0 Å². The van der Waals surface area contributed by atoms with Gasteiger partial charge in [0.05, 0.1) is 17.6 Å². The van der Waals surface area contributed by atoms with Crippen molar-refractivity contribution < 1.29 is 20.1 Å². The second-order valence-electron chi connectivity index (χ2n) is 9.28. The third kappa shape index (κ3) is 2.75. The Bertz CT molecular complexity index is 474. The summed E-state index contributed by atoms with van der Waals surface area (Å²) in [6.45, 7) is 10.2. The van der Waals surface area contributed by atoms with Crippen molar-refractivity contribution in [2.24, 2.45) is 28.1 Å². The molecular formula is C20H36O4. The van der Waals surface area contributed by atoms with Gasteiger partial charge in [-0.05, 0) is 68.1 Å². The molecule has 4 heteroatoms. The maximum Gasteiger partial charge on any atom is 0.139 e. The largest absolute Gasteiger partial charge is 0.396 e. The number of rotatable bonds is 6. The minimum atomic E-state index is -0.723. The lowest BCUT2D eigenvalue weighted by Gasteiger charge is -2.55. The van der Waals surface area contributed by atoms with Gasteiger partial charge in [-0.2, -0.15) is 0 Å². The number of hydrogen-bond donors (Lipinski definition) is 3. The number of Topliss-reactive ketones (excluding diaryl/α,β-unsaturated/α-hetero) is 1. The van der Waals surface area contributed by atoms with E-state index in [-0.39, 0.29) is 35.2 Å². The Morgan fingerprint density at radius 3 is 2.33 bits per heavy atom. The third-order valence-corrected chi connectivity index (χ3v) is 7.79. The Labute approximate surface area is 146 Å². The van der Waals surface area contributed by atoms with Crippen LogP contribution in [0.3, 0.4) is 0 Å². The van der Waals surface area contributed by atoms with E-state index in [0.29, 0.717) is 25.2 Å². The molecule has 0 saturated heterocycles. The van der Waals surface area contributed by atoms with Gasteiger partial charge in [-0.1, -0.05) is 27.7 Å². The zero-order valence-electron chi connectivity index (χ0n) is 16.0. The van der Waals surface area contributed by atoms with Crippen LogP contribution >= 0.6 is 0 Å². The minimum Gasteiger partial charge on any atom is -0.396 e. The van der Waals surface area contributed by atoms with Crippen LogP contribution in [0.4, 0.5) is 0 Å². The molecule has 2 fully saturated rings. The summed E-state index contributed by atoms with van der Waals surface area (Å²) in [6.07, 6.45) is 3.28. The summed E-state index contributed by atoms with van der Waals surface area (Å²) < 4.78 is 0. The zero-order valence-corrected chi connectivity index (χ0v) is 16.0. The molecule has 0 bridgehead atoms. The molecule has 140 valence electrons. The lowest BCUT2D eigenvalue weighted by Crippen LogP contribution is -2.55. The quantitative estimate of drug-likeness (QED) is 0.695. The van der Waals surface area contributed by atoms with Crippen LogP contribution < -0.4 is 0 Å². The van der Waals surface area contributed by atoms with E-state index in [4.69, 9.17) is 5.11 Å². The van der Waals surface area contributed by atoms with E-state index < -0.39 is 11.5 Å². The van der Waals surface area contributed by atoms with Crippen LogP contribution in [0.1, 0.15) is 73.1 Å². The number of carbonyl (C=O) groups is 1. The first-order valence-electron chi connectivity index (χ1n) is 9.52. The Kier molecular flexibility index (Phi) is 5.54. The fourth-order valence-electron chi connectivity index (χ4n) is 6.04. The number of hydrogen-bond acceptors (Lipinski definition) is 4. The molecule has 0 aromatic heterocycles. The Hall–Kier alpha value is -0.450. The van der Waals surface area contributed by atoms with Crippen LogP contribution in [-0.2, 0) is 4.79 Å². The molecule has 24 heavy (non-hydrogen) atoms. The maximum absolute atomic E-state index is 12.8. The fourth-order valence-corrected chi connectivity index (χ4v) is 6.04. The number of ketones is 1. The summed E-state index contributed by atoms with van der Waals surface area (Å²) in [7, 11) is 0. The van der Waals surface area contributed by atoms with Crippen molar-refractivity contribution in [3.05, 3.63) is 0 Å². The summed E-state index contributed by atoms with van der Waals surface area (Å²) >= 11 is 0. The van der Waals surface area contributed by atoms with Crippen LogP contribution in [0.15, 0.2) is 0 Å². The molecule has 0 aliphatic heterocycles. The highest BCUT2D eigenvalue weighted by atomic mass is 16.3. The number of aliphatic hydroxyl groups excluding tert-OH is 3. The molecule has 0 radical (unpaired) electrons. The highest BCUT2D eigenvalue weighted by Gasteiger charge is 2.68. The first-order valence-corrected chi connectivity index (χ1v) is 9.52. The van der Waals surface area contributed by atoms with Crippen LogP contribution in [0.2, 0.25) is 0 Å². The molecule has 0 unspecified atom stereocenters. The van der Waals surface area contributed by atoms with Crippen LogP contribution in [-0.4, -0.2) is 39.9 Å². The Morgan fingerprint density at radius 2 is 1.79 bits per heavy atom. The van der Waals surface area contributed by atoms with Gasteiger partial charge in [0.2, 0.25) is 0 Å². The van der Waals surface area contributed by atoms with Gasteiger partial charge in [0, 0.05) is 6.61 Å². The van der Waals surface area contributed by atoms with Crippen molar-refractivity contribution in [2.45, 2.75) is 85.4 Å². The fraction of sp³-hybridized carbons (Fsp3) is 0.950. The predicted octanol–water partition coefficient (Wildman–Crippen LogP) is 2.93. The van der Waals surface area contributed by atoms with Gasteiger partial charge in [-0.3, -0.25) is 4.79 Å². The average Bonchev–Trinajstić information content (AvgIpc) is 2.72. The van der Waals surface area contributed by atoms with Gasteiger partial charge < -0.3 is 15.3 Å². The van der Waals surface area contributed by atoms with Crippen LogP contribution in [0.5, 0.6) is 0 Å². The standard InChI is InChI=1S/C20H36O4/c1-13(8-11-21)6-10-20(14(2)22)17(24)12-15-18(3,4)16(23)7-9-19(15,20)5/h13,15-17,21,23-24H,6-12H2,1-5H3/t13-,15-,16-,17-,19-,20+/m0/s1. The topological polar surface area (TPSA) is 77.8 Å². The SMILES string of the molecule is CC(=O)[C@]1(CC[C@H](C)CCO)[C@@H](O)C[C@H]2C(C)(C)[C@@H](O)CC[C@@]21C. The smallest absolute Gasteiger partial charge is 0.139 e. The van der Waals surface area contributed by atoms with Crippen molar-refractivity contribution in [2.75, 3.05) is 6.61 Å². The van der Waals surface area contributed by atoms with E-state index in [9.17, 15) is 15.0 Å². The van der Waals surface area contributed by atoms with Crippen molar-refractivity contribution in [3.63, 3.8) is 0 Å². The van der Waals surface area contributed by atoms with Gasteiger partial charge >= 0.3 is 0 Å². The summed E-state index contributed by atoms with van der Waals surface area (Å²) in [5.74, 6) is 0.562. The monoisotopic (exact) mass is 340 g/mol. The zero-order chi connectivity index (χ0) is 18.3. The van der Waals surface area contributed by atoms with Crippen LogP contribution in [0.25, 0.3) is 0 Å². The van der Waals surface area contributed by atoms with E-state index in [1.54, 1.807) is 6.92 Å². The summed E-state index contributed by atoms with van der Waals surface area (Å²) in [5.41, 5.74) is -1.29. The summed E-state index contributed by atoms with van der Waals surface area (Å²) in [5, 5.41) is 30.6. The molecule has 0 spiro atoms. The predicted molar refractivity (Wildman–Crippen MR) is 94.5 cm³/mol. The first kappa shape index (κ1) is 19.9. The van der Waals surface area contributed by atoms with E-state index in [0.717, 1.165) is 19.3 Å². The van der Waals surface area contributed by atoms with Crippen molar-refractivity contribution in [3.8, 4) is 0 Å². The third-order valence-electron chi connectivity index (χ3n) is 7.79. The molecule has 4 nitrogen and oxygen atoms in total. The molecule has 0 aromatic rings. The van der Waals surface area contributed by atoms with Gasteiger partial charge in [-0.15, -0.1) is 0 Å². The van der Waals surface area contributed by atoms with Gasteiger partial charge in [-0.25, -0.2) is 0 Å².